The van der Waals surface area contributed by atoms with Crippen LogP contribution in [0, 0.1) is 23.1 Å². The minimum absolute atomic E-state index is 0.00992. The van der Waals surface area contributed by atoms with Crippen LogP contribution >= 0.6 is 0 Å². The fourth-order valence-corrected chi connectivity index (χ4v) is 5.70. The van der Waals surface area contributed by atoms with Crippen LogP contribution in [-0.2, 0) is 10.0 Å². The second kappa shape index (κ2) is 10.8. The Balaban J connectivity index is 1.79. The van der Waals surface area contributed by atoms with Crippen LogP contribution in [0.1, 0.15) is 57.1 Å². The van der Waals surface area contributed by atoms with Gasteiger partial charge in [-0.1, -0.05) is 46.8 Å². The summed E-state index contributed by atoms with van der Waals surface area (Å²) in [5, 5.41) is -0.371. The number of sulfonamides is 1. The van der Waals surface area contributed by atoms with Crippen molar-refractivity contribution < 1.29 is 22.3 Å². The zero-order chi connectivity index (χ0) is 28.5. The normalized spacial score (nSPS) is 16.7. The Kier molecular flexibility index (Phi) is 7.79. The van der Waals surface area contributed by atoms with Crippen molar-refractivity contribution in [3.63, 3.8) is 0 Å². The summed E-state index contributed by atoms with van der Waals surface area (Å²) in [6.45, 7) is 10.6. The minimum atomic E-state index is -4.30. The summed E-state index contributed by atoms with van der Waals surface area (Å²) < 4.78 is 48.2. The lowest BCUT2D eigenvalue weighted by atomic mass is 9.82. The first kappa shape index (κ1) is 28.2. The Morgan fingerprint density at radius 3 is 2.56 bits per heavy atom. The number of hydrogen-bond acceptors (Lipinski definition) is 7. The van der Waals surface area contributed by atoms with E-state index in [4.69, 9.17) is 15.5 Å². The highest BCUT2D eigenvalue weighted by atomic mass is 32.2. The molecule has 3 aromatic rings. The number of amides is 1. The van der Waals surface area contributed by atoms with Crippen LogP contribution in [0.5, 0.6) is 5.75 Å². The smallest absolute Gasteiger partial charge is 0.281 e. The number of nitrogens with two attached hydrogens (primary N) is 1. The average Bonchev–Trinajstić information content (AvgIpc) is 3.13. The summed E-state index contributed by atoms with van der Waals surface area (Å²) >= 11 is 0. The lowest BCUT2D eigenvalue weighted by Crippen LogP contribution is -2.32. The summed E-state index contributed by atoms with van der Waals surface area (Å²) in [5.41, 5.74) is 7.43. The van der Waals surface area contributed by atoms with Crippen LogP contribution < -0.4 is 15.2 Å². The van der Waals surface area contributed by atoms with Gasteiger partial charge in [0.2, 0.25) is 0 Å². The van der Waals surface area contributed by atoms with E-state index in [2.05, 4.69) is 16.6 Å². The number of anilines is 1. The standard InChI is InChI=1S/C29H33FN4O4S/c1-17(2)16-38-21-13-19(12-20(30)14-21)24-10-9-22(27(32-24)23-11-18(3)15-29(23,4)5)28(35)34-39(36,37)26-8-6-7-25(31)33-26/h6-14,17-18H,15-16H2,1-5H3,(H2,31,33)(H,34,35)/t18-/m0/s1. The van der Waals surface area contributed by atoms with Crippen LogP contribution in [0.2, 0.25) is 0 Å². The number of nitrogens with zero attached hydrogens (tertiary/aromatic N) is 2. The fraction of sp³-hybridized carbons (Fsp3) is 0.345. The second-order valence-corrected chi connectivity index (χ2v) is 12.6. The molecular formula is C29H33FN4O4S. The highest BCUT2D eigenvalue weighted by molar-refractivity contribution is 7.90. The van der Waals surface area contributed by atoms with Gasteiger partial charge >= 0.3 is 0 Å². The van der Waals surface area contributed by atoms with Crippen molar-refractivity contribution in [2.24, 2.45) is 17.3 Å². The lowest BCUT2D eigenvalue weighted by Gasteiger charge is -2.24. The molecule has 1 amide bonds. The summed E-state index contributed by atoms with van der Waals surface area (Å²) in [7, 11) is -4.30. The molecule has 1 atom stereocenters. The third kappa shape index (κ3) is 6.44. The molecule has 4 rings (SSSR count). The molecular weight excluding hydrogens is 519 g/mol. The molecule has 0 radical (unpaired) electrons. The molecule has 10 heteroatoms. The zero-order valence-electron chi connectivity index (χ0n) is 22.7. The number of carbonyl (C=O) groups is 1. The molecule has 1 aliphatic carbocycles. The number of carbonyl (C=O) groups excluding carboxylic acids is 1. The third-order valence-electron chi connectivity index (χ3n) is 6.41. The molecule has 0 saturated heterocycles. The predicted molar refractivity (Wildman–Crippen MR) is 149 cm³/mol. The van der Waals surface area contributed by atoms with Crippen molar-refractivity contribution in [3.8, 4) is 17.0 Å². The predicted octanol–water partition coefficient (Wildman–Crippen LogP) is 5.47. The number of halogens is 1. The van der Waals surface area contributed by atoms with Gasteiger partial charge in [0.1, 0.15) is 17.4 Å². The van der Waals surface area contributed by atoms with Crippen molar-refractivity contribution in [3.05, 3.63) is 71.7 Å². The van der Waals surface area contributed by atoms with E-state index in [1.54, 1.807) is 12.1 Å². The number of allylic oxidation sites excluding steroid dienone is 2. The van der Waals surface area contributed by atoms with Crippen molar-refractivity contribution in [2.75, 3.05) is 12.3 Å². The maximum Gasteiger partial charge on any atom is 0.281 e. The maximum absolute atomic E-state index is 14.5. The van der Waals surface area contributed by atoms with Gasteiger partial charge in [0, 0.05) is 11.6 Å². The molecule has 0 saturated carbocycles. The summed E-state index contributed by atoms with van der Waals surface area (Å²) in [6.07, 6.45) is 2.87. The Labute approximate surface area is 228 Å². The number of nitrogens with one attached hydrogen (secondary N) is 1. The number of nitrogen functional groups attached to an aromatic ring is 1. The quantitative estimate of drug-likeness (QED) is 0.380. The lowest BCUT2D eigenvalue weighted by molar-refractivity contribution is 0.0980. The SMILES string of the molecule is CC(C)COc1cc(F)cc(-c2ccc(C(=O)NS(=O)(=O)c3cccc(N)n3)c(C3=C[C@H](C)CC3(C)C)n2)c1. The van der Waals surface area contributed by atoms with E-state index in [1.165, 1.54) is 36.4 Å². The van der Waals surface area contributed by atoms with E-state index in [-0.39, 0.29) is 33.7 Å². The molecule has 0 aliphatic heterocycles. The van der Waals surface area contributed by atoms with Gasteiger partial charge in [0.15, 0.2) is 5.03 Å². The highest BCUT2D eigenvalue weighted by Crippen LogP contribution is 2.47. The Morgan fingerprint density at radius 1 is 1.18 bits per heavy atom. The van der Waals surface area contributed by atoms with E-state index in [0.717, 1.165) is 12.0 Å². The van der Waals surface area contributed by atoms with Gasteiger partial charge in [-0.15, -0.1) is 0 Å². The molecule has 2 heterocycles. The Bertz CT molecular complexity index is 1550. The van der Waals surface area contributed by atoms with E-state index in [9.17, 15) is 17.6 Å². The summed E-state index contributed by atoms with van der Waals surface area (Å²) in [5.74, 6) is -0.469. The molecule has 3 N–H and O–H groups in total. The zero-order valence-corrected chi connectivity index (χ0v) is 23.5. The first-order valence-electron chi connectivity index (χ1n) is 12.7. The molecule has 0 spiro atoms. The number of aromatic nitrogens is 2. The highest BCUT2D eigenvalue weighted by Gasteiger charge is 2.35. The number of hydrogen-bond donors (Lipinski definition) is 2. The summed E-state index contributed by atoms with van der Waals surface area (Å²) in [6, 6.07) is 11.6. The molecule has 1 aromatic carbocycles. The van der Waals surface area contributed by atoms with Crippen LogP contribution in [0.25, 0.3) is 16.8 Å². The topological polar surface area (TPSA) is 124 Å². The van der Waals surface area contributed by atoms with Gasteiger partial charge in [-0.25, -0.2) is 19.1 Å². The molecule has 0 fully saturated rings. The largest absolute Gasteiger partial charge is 0.493 e. The van der Waals surface area contributed by atoms with Crippen molar-refractivity contribution in [1.29, 1.82) is 0 Å². The molecule has 0 bridgehead atoms. The number of benzene rings is 1. The van der Waals surface area contributed by atoms with Crippen LogP contribution in [-0.4, -0.2) is 30.9 Å². The van der Waals surface area contributed by atoms with Gasteiger partial charge < -0.3 is 10.5 Å². The van der Waals surface area contributed by atoms with E-state index in [1.807, 2.05) is 33.8 Å². The van der Waals surface area contributed by atoms with Crippen molar-refractivity contribution in [2.45, 2.75) is 46.1 Å². The molecule has 39 heavy (non-hydrogen) atoms. The van der Waals surface area contributed by atoms with Gasteiger partial charge in [-0.3, -0.25) is 4.79 Å². The molecule has 1 aliphatic rings. The van der Waals surface area contributed by atoms with E-state index >= 15 is 0 Å². The molecule has 0 unspecified atom stereocenters. The number of ether oxygens (including phenoxy) is 1. The number of pyridine rings is 2. The van der Waals surface area contributed by atoms with Crippen LogP contribution in [0.4, 0.5) is 10.2 Å². The van der Waals surface area contributed by atoms with Crippen LogP contribution in [0.3, 0.4) is 0 Å². The van der Waals surface area contributed by atoms with Gasteiger partial charge in [-0.05, 0) is 65.6 Å². The van der Waals surface area contributed by atoms with Crippen LogP contribution in [0.15, 0.2) is 59.6 Å². The van der Waals surface area contributed by atoms with Crippen molar-refractivity contribution in [1.82, 2.24) is 14.7 Å². The fourth-order valence-electron chi connectivity index (χ4n) is 4.76. The molecule has 206 valence electrons. The summed E-state index contributed by atoms with van der Waals surface area (Å²) in [4.78, 5) is 22.0. The van der Waals surface area contributed by atoms with Gasteiger partial charge in [0.05, 0.1) is 23.6 Å². The van der Waals surface area contributed by atoms with Crippen molar-refractivity contribution >= 4 is 27.3 Å². The minimum Gasteiger partial charge on any atom is -0.493 e. The second-order valence-electron chi connectivity index (χ2n) is 11.0. The van der Waals surface area contributed by atoms with Gasteiger partial charge in [0.25, 0.3) is 15.9 Å². The maximum atomic E-state index is 14.5. The van der Waals surface area contributed by atoms with E-state index in [0.29, 0.717) is 29.3 Å². The monoisotopic (exact) mass is 552 g/mol. The first-order chi connectivity index (χ1) is 18.2. The first-order valence-corrected chi connectivity index (χ1v) is 14.2. The Hall–Kier alpha value is -3.79. The average molecular weight is 553 g/mol. The molecule has 2 aromatic heterocycles. The van der Waals surface area contributed by atoms with E-state index < -0.39 is 21.7 Å². The number of rotatable bonds is 8. The third-order valence-corrected chi connectivity index (χ3v) is 7.64. The molecule has 8 nitrogen and oxygen atoms in total. The Morgan fingerprint density at radius 2 is 1.92 bits per heavy atom. The van der Waals surface area contributed by atoms with Gasteiger partial charge in [-0.2, -0.15) is 8.42 Å².